The van der Waals surface area contributed by atoms with Crippen molar-refractivity contribution in [2.75, 3.05) is 0 Å². The number of hydrogen-bond acceptors (Lipinski definition) is 2. The highest BCUT2D eigenvalue weighted by Gasteiger charge is 2.27. The number of carbonyl (C=O) groups is 2. The topological polar surface area (TPSA) is 66.4 Å². The SMILES string of the molecule is CCC(C)(CC(=O)O)NC(=O)C(C)C. The fourth-order valence-corrected chi connectivity index (χ4v) is 1.03. The number of amides is 1. The van der Waals surface area contributed by atoms with Crippen molar-refractivity contribution in [3.05, 3.63) is 0 Å². The van der Waals surface area contributed by atoms with Crippen molar-refractivity contribution in [3.8, 4) is 0 Å². The zero-order chi connectivity index (χ0) is 11.4. The fourth-order valence-electron chi connectivity index (χ4n) is 1.03. The number of rotatable bonds is 5. The van der Waals surface area contributed by atoms with E-state index in [0.717, 1.165) is 0 Å². The molecule has 4 heteroatoms. The predicted octanol–water partition coefficient (Wildman–Crippen LogP) is 1.40. The van der Waals surface area contributed by atoms with Crippen molar-refractivity contribution in [1.82, 2.24) is 5.32 Å². The van der Waals surface area contributed by atoms with Crippen LogP contribution in [0.4, 0.5) is 0 Å². The summed E-state index contributed by atoms with van der Waals surface area (Å²) in [6.07, 6.45) is 0.569. The standard InChI is InChI=1S/C10H19NO3/c1-5-10(4,6-8(12)13)11-9(14)7(2)3/h7H,5-6H2,1-4H3,(H,11,14)(H,12,13). The minimum Gasteiger partial charge on any atom is -0.481 e. The number of hydrogen-bond donors (Lipinski definition) is 2. The van der Waals surface area contributed by atoms with Gasteiger partial charge >= 0.3 is 5.97 Å². The van der Waals surface area contributed by atoms with Gasteiger partial charge in [0.2, 0.25) is 5.91 Å². The molecule has 4 nitrogen and oxygen atoms in total. The maximum Gasteiger partial charge on any atom is 0.305 e. The summed E-state index contributed by atoms with van der Waals surface area (Å²) in [5.74, 6) is -1.11. The molecule has 0 fully saturated rings. The van der Waals surface area contributed by atoms with Crippen LogP contribution in [0.15, 0.2) is 0 Å². The van der Waals surface area contributed by atoms with Crippen molar-refractivity contribution >= 4 is 11.9 Å². The van der Waals surface area contributed by atoms with Gasteiger partial charge in [-0.15, -0.1) is 0 Å². The molecule has 1 atom stereocenters. The Kier molecular flexibility index (Phi) is 4.60. The van der Waals surface area contributed by atoms with E-state index in [0.29, 0.717) is 6.42 Å². The Morgan fingerprint density at radius 2 is 1.93 bits per heavy atom. The van der Waals surface area contributed by atoms with Crippen LogP contribution in [0.1, 0.15) is 40.5 Å². The molecule has 0 aliphatic rings. The molecule has 0 aromatic heterocycles. The molecular weight excluding hydrogens is 182 g/mol. The molecule has 0 aliphatic carbocycles. The summed E-state index contributed by atoms with van der Waals surface area (Å²) in [4.78, 5) is 22.0. The van der Waals surface area contributed by atoms with E-state index in [2.05, 4.69) is 5.32 Å². The fraction of sp³-hybridized carbons (Fsp3) is 0.800. The molecule has 0 aliphatic heterocycles. The summed E-state index contributed by atoms with van der Waals surface area (Å²) in [7, 11) is 0. The second kappa shape index (κ2) is 4.98. The lowest BCUT2D eigenvalue weighted by atomic mass is 9.93. The summed E-state index contributed by atoms with van der Waals surface area (Å²) in [5.41, 5.74) is -0.632. The molecule has 0 rings (SSSR count). The number of aliphatic carboxylic acids is 1. The van der Waals surface area contributed by atoms with Gasteiger partial charge in [0.15, 0.2) is 0 Å². The zero-order valence-corrected chi connectivity index (χ0v) is 9.26. The van der Waals surface area contributed by atoms with Gasteiger partial charge in [-0.3, -0.25) is 9.59 Å². The van der Waals surface area contributed by atoms with Crippen LogP contribution in [0.3, 0.4) is 0 Å². The van der Waals surface area contributed by atoms with Gasteiger partial charge in [0.1, 0.15) is 0 Å². The van der Waals surface area contributed by atoms with Crippen molar-refractivity contribution in [2.45, 2.75) is 46.1 Å². The minimum atomic E-state index is -0.890. The van der Waals surface area contributed by atoms with Crippen LogP contribution < -0.4 is 5.32 Å². The molecular formula is C10H19NO3. The average Bonchev–Trinajstić information content (AvgIpc) is 2.02. The summed E-state index contributed by atoms with van der Waals surface area (Å²) in [6.45, 7) is 7.18. The third-order valence-electron chi connectivity index (χ3n) is 2.27. The van der Waals surface area contributed by atoms with Crippen molar-refractivity contribution in [1.29, 1.82) is 0 Å². The number of carbonyl (C=O) groups excluding carboxylic acids is 1. The van der Waals surface area contributed by atoms with Crippen LogP contribution in [0, 0.1) is 5.92 Å². The van der Waals surface area contributed by atoms with Crippen LogP contribution in [0.2, 0.25) is 0 Å². The molecule has 0 aromatic rings. The van der Waals surface area contributed by atoms with Crippen molar-refractivity contribution in [3.63, 3.8) is 0 Å². The number of nitrogens with one attached hydrogen (secondary N) is 1. The molecule has 0 heterocycles. The van der Waals surface area contributed by atoms with Crippen LogP contribution in [-0.4, -0.2) is 22.5 Å². The van der Waals surface area contributed by atoms with E-state index in [4.69, 9.17) is 5.11 Å². The normalized spacial score (nSPS) is 14.9. The van der Waals surface area contributed by atoms with E-state index in [1.54, 1.807) is 20.8 Å². The highest BCUT2D eigenvalue weighted by molar-refractivity contribution is 5.79. The summed E-state index contributed by atoms with van der Waals surface area (Å²) >= 11 is 0. The molecule has 1 amide bonds. The molecule has 1 unspecified atom stereocenters. The maximum atomic E-state index is 11.4. The van der Waals surface area contributed by atoms with Crippen molar-refractivity contribution < 1.29 is 14.7 Å². The van der Waals surface area contributed by atoms with Gasteiger partial charge in [0.05, 0.1) is 6.42 Å². The maximum absolute atomic E-state index is 11.4. The van der Waals surface area contributed by atoms with Gasteiger partial charge in [0.25, 0.3) is 0 Å². The lowest BCUT2D eigenvalue weighted by Crippen LogP contribution is -2.48. The van der Waals surface area contributed by atoms with Gasteiger partial charge in [-0.05, 0) is 13.3 Å². The molecule has 0 aromatic carbocycles. The largest absolute Gasteiger partial charge is 0.481 e. The van der Waals surface area contributed by atoms with E-state index in [-0.39, 0.29) is 18.2 Å². The van der Waals surface area contributed by atoms with Crippen molar-refractivity contribution in [2.24, 2.45) is 5.92 Å². The second-order valence-electron chi connectivity index (χ2n) is 4.13. The molecule has 0 radical (unpaired) electrons. The Morgan fingerprint density at radius 3 is 2.21 bits per heavy atom. The summed E-state index contributed by atoms with van der Waals surface area (Å²) in [6, 6.07) is 0. The highest BCUT2D eigenvalue weighted by Crippen LogP contribution is 2.15. The van der Waals surface area contributed by atoms with Crippen LogP contribution >= 0.6 is 0 Å². The van der Waals surface area contributed by atoms with Crippen LogP contribution in [0.25, 0.3) is 0 Å². The van der Waals surface area contributed by atoms with E-state index in [1.807, 2.05) is 6.92 Å². The smallest absolute Gasteiger partial charge is 0.305 e. The monoisotopic (exact) mass is 201 g/mol. The zero-order valence-electron chi connectivity index (χ0n) is 9.26. The molecule has 0 saturated heterocycles. The molecule has 0 saturated carbocycles. The minimum absolute atomic E-state index is 0.0397. The lowest BCUT2D eigenvalue weighted by molar-refractivity contribution is -0.139. The number of carboxylic acids is 1. The second-order valence-corrected chi connectivity index (χ2v) is 4.13. The molecule has 2 N–H and O–H groups in total. The Labute approximate surface area is 84.7 Å². The molecule has 0 spiro atoms. The molecule has 0 bridgehead atoms. The summed E-state index contributed by atoms with van der Waals surface area (Å²) < 4.78 is 0. The quantitative estimate of drug-likeness (QED) is 0.706. The Balaban J connectivity index is 4.39. The third-order valence-corrected chi connectivity index (χ3v) is 2.27. The van der Waals surface area contributed by atoms with Gasteiger partial charge in [-0.1, -0.05) is 20.8 Å². The first kappa shape index (κ1) is 12.9. The van der Waals surface area contributed by atoms with E-state index in [9.17, 15) is 9.59 Å². The first-order chi connectivity index (χ1) is 6.30. The first-order valence-corrected chi connectivity index (χ1v) is 4.84. The van der Waals surface area contributed by atoms with Crippen LogP contribution in [0.5, 0.6) is 0 Å². The highest BCUT2D eigenvalue weighted by atomic mass is 16.4. The Hall–Kier alpha value is -1.06. The third kappa shape index (κ3) is 4.25. The Morgan fingerprint density at radius 1 is 1.43 bits per heavy atom. The van der Waals surface area contributed by atoms with E-state index < -0.39 is 11.5 Å². The molecule has 14 heavy (non-hydrogen) atoms. The van der Waals surface area contributed by atoms with Gasteiger partial charge in [-0.25, -0.2) is 0 Å². The summed E-state index contributed by atoms with van der Waals surface area (Å²) in [5, 5.41) is 11.4. The lowest BCUT2D eigenvalue weighted by Gasteiger charge is -2.28. The van der Waals surface area contributed by atoms with E-state index in [1.165, 1.54) is 0 Å². The van der Waals surface area contributed by atoms with Crippen LogP contribution in [-0.2, 0) is 9.59 Å². The molecule has 82 valence electrons. The Bertz CT molecular complexity index is 225. The first-order valence-electron chi connectivity index (χ1n) is 4.84. The van der Waals surface area contributed by atoms with Gasteiger partial charge < -0.3 is 10.4 Å². The van der Waals surface area contributed by atoms with Gasteiger partial charge in [-0.2, -0.15) is 0 Å². The van der Waals surface area contributed by atoms with Gasteiger partial charge in [0, 0.05) is 11.5 Å². The number of carboxylic acid groups (broad SMARTS) is 1. The predicted molar refractivity (Wildman–Crippen MR) is 53.9 cm³/mol. The average molecular weight is 201 g/mol. The van der Waals surface area contributed by atoms with E-state index >= 15 is 0 Å².